The molecule has 0 bridgehead atoms. The van der Waals surface area contributed by atoms with Gasteiger partial charge < -0.3 is 9.88 Å². The summed E-state index contributed by atoms with van der Waals surface area (Å²) < 4.78 is 17.4. The molecule has 4 aromatic heterocycles. The van der Waals surface area contributed by atoms with Gasteiger partial charge in [0, 0.05) is 48.3 Å². The Bertz CT molecular complexity index is 1470. The number of aromatic nitrogens is 6. The molecule has 6 rings (SSSR count). The fourth-order valence-corrected chi connectivity index (χ4v) is 5.34. The monoisotopic (exact) mass is 495 g/mol. The number of benzene rings is 1. The highest BCUT2D eigenvalue weighted by Crippen LogP contribution is 2.45. The number of hydrogen-bond acceptors (Lipinski definition) is 6. The number of thiophene rings is 1. The zero-order chi connectivity index (χ0) is 23.8. The van der Waals surface area contributed by atoms with Crippen molar-refractivity contribution < 1.29 is 4.39 Å². The Morgan fingerprint density at radius 3 is 2.74 bits per heavy atom. The molecule has 4 heterocycles. The van der Waals surface area contributed by atoms with E-state index in [-0.39, 0.29) is 5.02 Å². The van der Waals surface area contributed by atoms with Crippen LogP contribution in [0.2, 0.25) is 5.02 Å². The van der Waals surface area contributed by atoms with E-state index in [2.05, 4.69) is 38.5 Å². The van der Waals surface area contributed by atoms with Gasteiger partial charge in [0.15, 0.2) is 0 Å². The second kappa shape index (κ2) is 9.15. The fraction of sp³-hybridized carbons (Fsp3) is 0.250. The Hall–Kier alpha value is -3.30. The second-order valence-corrected chi connectivity index (χ2v) is 9.40. The van der Waals surface area contributed by atoms with E-state index >= 15 is 0 Å². The minimum absolute atomic E-state index is 0.0780. The molecular weight excluding hydrogens is 473 g/mol. The van der Waals surface area contributed by atoms with Crippen molar-refractivity contribution in [1.29, 1.82) is 0 Å². The van der Waals surface area contributed by atoms with Crippen LogP contribution in [0.5, 0.6) is 0 Å². The van der Waals surface area contributed by atoms with Crippen LogP contribution in [-0.4, -0.2) is 29.3 Å². The summed E-state index contributed by atoms with van der Waals surface area (Å²) in [6, 6.07) is 4.56. The van der Waals surface area contributed by atoms with Crippen LogP contribution in [0.15, 0.2) is 43.1 Å². The first-order valence-electron chi connectivity index (χ1n) is 10.9. The van der Waals surface area contributed by atoms with Gasteiger partial charge in [0.1, 0.15) is 28.6 Å². The third kappa shape index (κ3) is 4.17. The standard InChI is InChI=1S/C19H15ClFN5S.C5H8N2/c1-2-26-8-12-15(25-26)6-4-11-16-18(22-9-23-19(16)27-17(11)12)24-10-3-5-14(21)13(20)7-10;1-5-6-3-4-7(5)2/h3,5,7-9H,2,4,6H2,1H3,(H,22,23,24);3-4H,1-2H3. The van der Waals surface area contributed by atoms with Gasteiger partial charge in [-0.1, -0.05) is 11.6 Å². The predicted molar refractivity (Wildman–Crippen MR) is 134 cm³/mol. The maximum absolute atomic E-state index is 13.4. The van der Waals surface area contributed by atoms with Gasteiger partial charge in [0.2, 0.25) is 0 Å². The van der Waals surface area contributed by atoms with Crippen LogP contribution in [0.1, 0.15) is 24.0 Å². The van der Waals surface area contributed by atoms with Crippen LogP contribution in [0.25, 0.3) is 20.7 Å². The number of imidazole rings is 1. The van der Waals surface area contributed by atoms with Crippen LogP contribution in [-0.2, 0) is 26.4 Å². The summed E-state index contributed by atoms with van der Waals surface area (Å²) in [5, 5.41) is 9.04. The molecule has 1 aliphatic carbocycles. The number of aryl methyl sites for hydroxylation is 5. The van der Waals surface area contributed by atoms with E-state index < -0.39 is 5.82 Å². The lowest BCUT2D eigenvalue weighted by atomic mass is 9.95. The van der Waals surface area contributed by atoms with Crippen molar-refractivity contribution in [3.8, 4) is 10.4 Å². The summed E-state index contributed by atoms with van der Waals surface area (Å²) in [6.45, 7) is 4.91. The molecule has 0 unspecified atom stereocenters. The lowest BCUT2D eigenvalue weighted by molar-refractivity contribution is 0.628. The fourth-order valence-electron chi connectivity index (χ4n) is 3.93. The molecule has 0 radical (unpaired) electrons. The molecule has 0 aliphatic heterocycles. The molecule has 0 amide bonds. The molecule has 0 spiro atoms. The molecule has 1 aliphatic rings. The quantitative estimate of drug-likeness (QED) is 0.335. The lowest BCUT2D eigenvalue weighted by Gasteiger charge is -2.12. The molecule has 0 saturated carbocycles. The molecule has 0 fully saturated rings. The third-order valence-electron chi connectivity index (χ3n) is 5.85. The summed E-state index contributed by atoms with van der Waals surface area (Å²) in [7, 11) is 1.97. The Balaban J connectivity index is 0.000000297. The molecule has 7 nitrogen and oxygen atoms in total. The van der Waals surface area contributed by atoms with Crippen LogP contribution < -0.4 is 5.32 Å². The molecule has 0 atom stereocenters. The van der Waals surface area contributed by atoms with Crippen molar-refractivity contribution in [3.63, 3.8) is 0 Å². The second-order valence-electron chi connectivity index (χ2n) is 8.00. The van der Waals surface area contributed by atoms with Crippen LogP contribution in [0, 0.1) is 12.7 Å². The third-order valence-corrected chi connectivity index (χ3v) is 7.31. The van der Waals surface area contributed by atoms with Gasteiger partial charge in [-0.3, -0.25) is 4.68 Å². The molecule has 1 aromatic carbocycles. The molecule has 10 heteroatoms. The van der Waals surface area contributed by atoms with Gasteiger partial charge in [-0.05, 0) is 50.5 Å². The summed E-state index contributed by atoms with van der Waals surface area (Å²) >= 11 is 7.58. The van der Waals surface area contributed by atoms with Crippen LogP contribution in [0.3, 0.4) is 0 Å². The maximum Gasteiger partial charge on any atom is 0.142 e. The Morgan fingerprint density at radius 2 is 2.06 bits per heavy atom. The first-order chi connectivity index (χ1) is 16.4. The zero-order valence-electron chi connectivity index (χ0n) is 19.0. The van der Waals surface area contributed by atoms with Gasteiger partial charge in [0.25, 0.3) is 0 Å². The molecule has 0 saturated heterocycles. The first-order valence-corrected chi connectivity index (χ1v) is 12.1. The first kappa shape index (κ1) is 22.5. The Labute approximate surface area is 205 Å². The van der Waals surface area contributed by atoms with E-state index in [9.17, 15) is 4.39 Å². The molecule has 174 valence electrons. The Morgan fingerprint density at radius 1 is 1.21 bits per heavy atom. The highest BCUT2D eigenvalue weighted by Gasteiger charge is 2.26. The molecule has 5 aromatic rings. The zero-order valence-corrected chi connectivity index (χ0v) is 20.6. The summed E-state index contributed by atoms with van der Waals surface area (Å²) in [5.41, 5.74) is 4.27. The minimum Gasteiger partial charge on any atom is -0.340 e. The highest BCUT2D eigenvalue weighted by atomic mass is 35.5. The normalized spacial score (nSPS) is 12.1. The number of fused-ring (bicyclic) bond motifs is 5. The summed E-state index contributed by atoms with van der Waals surface area (Å²) in [5.74, 6) is 1.33. The molecule has 34 heavy (non-hydrogen) atoms. The SMILES string of the molecule is CCn1cc2c(n1)CCc1c-2sc2ncnc(Nc3ccc(F)c(Cl)c3)c12.Cc1nccn1C. The average molecular weight is 496 g/mol. The van der Waals surface area contributed by atoms with Crippen molar-refractivity contribution >= 4 is 44.7 Å². The van der Waals surface area contributed by atoms with Gasteiger partial charge in [-0.15, -0.1) is 11.3 Å². The number of nitrogens with zero attached hydrogens (tertiary/aromatic N) is 6. The molecule has 1 N–H and O–H groups in total. The van der Waals surface area contributed by atoms with Crippen molar-refractivity contribution in [2.45, 2.75) is 33.2 Å². The topological polar surface area (TPSA) is 73.5 Å². The largest absolute Gasteiger partial charge is 0.340 e. The van der Waals surface area contributed by atoms with Crippen molar-refractivity contribution in [1.82, 2.24) is 29.3 Å². The number of anilines is 2. The van der Waals surface area contributed by atoms with Crippen molar-refractivity contribution in [2.75, 3.05) is 5.32 Å². The van der Waals surface area contributed by atoms with Gasteiger partial charge >= 0.3 is 0 Å². The van der Waals surface area contributed by atoms with E-state index in [1.54, 1.807) is 36.0 Å². The van der Waals surface area contributed by atoms with Crippen molar-refractivity contribution in [2.24, 2.45) is 7.05 Å². The number of rotatable bonds is 3. The lowest BCUT2D eigenvalue weighted by Crippen LogP contribution is -2.03. The summed E-state index contributed by atoms with van der Waals surface area (Å²) in [4.78, 5) is 15.0. The van der Waals surface area contributed by atoms with E-state index in [0.29, 0.717) is 11.5 Å². The van der Waals surface area contributed by atoms with Gasteiger partial charge in [-0.2, -0.15) is 5.10 Å². The summed E-state index contributed by atoms with van der Waals surface area (Å²) in [6.07, 6.45) is 9.18. The Kier molecular flexibility index (Phi) is 6.05. The minimum atomic E-state index is -0.441. The van der Waals surface area contributed by atoms with Crippen LogP contribution >= 0.6 is 22.9 Å². The predicted octanol–water partition coefficient (Wildman–Crippen LogP) is 5.94. The number of nitrogens with one attached hydrogen (secondary N) is 1. The average Bonchev–Trinajstić information content (AvgIpc) is 3.53. The highest BCUT2D eigenvalue weighted by molar-refractivity contribution is 7.22. The van der Waals surface area contributed by atoms with E-state index in [1.165, 1.54) is 22.1 Å². The van der Waals surface area contributed by atoms with Gasteiger partial charge in [-0.25, -0.2) is 19.3 Å². The van der Waals surface area contributed by atoms with Gasteiger partial charge in [0.05, 0.1) is 16.1 Å². The van der Waals surface area contributed by atoms with E-state index in [4.69, 9.17) is 11.6 Å². The van der Waals surface area contributed by atoms with E-state index in [1.807, 2.05) is 29.4 Å². The van der Waals surface area contributed by atoms with Crippen molar-refractivity contribution in [3.05, 3.63) is 71.0 Å². The number of hydrogen-bond donors (Lipinski definition) is 1. The van der Waals surface area contributed by atoms with E-state index in [0.717, 1.165) is 41.1 Å². The molecular formula is C24H23ClFN7S. The maximum atomic E-state index is 13.4. The van der Waals surface area contributed by atoms with Crippen LogP contribution in [0.4, 0.5) is 15.9 Å². The number of halogens is 2. The smallest absolute Gasteiger partial charge is 0.142 e.